The highest BCUT2D eigenvalue weighted by molar-refractivity contribution is 4.94. The van der Waals surface area contributed by atoms with Crippen molar-refractivity contribution >= 4 is 0 Å². The first kappa shape index (κ1) is 16.8. The molecule has 1 aliphatic rings. The molecule has 0 amide bonds. The van der Waals surface area contributed by atoms with Crippen LogP contribution in [-0.2, 0) is 0 Å². The fourth-order valence-corrected chi connectivity index (χ4v) is 2.93. The molecule has 0 bridgehead atoms. The highest BCUT2D eigenvalue weighted by Crippen LogP contribution is 2.14. The van der Waals surface area contributed by atoms with Crippen molar-refractivity contribution in [1.29, 1.82) is 0 Å². The Bertz CT molecular complexity index is 172. The molecule has 0 aromatic rings. The van der Waals surface area contributed by atoms with Gasteiger partial charge in [-0.1, -0.05) is 95.6 Å². The fourth-order valence-electron chi connectivity index (χ4n) is 2.93. The molecular formula is C19H35. The van der Waals surface area contributed by atoms with Crippen LogP contribution in [0.15, 0.2) is 12.2 Å². The van der Waals surface area contributed by atoms with Gasteiger partial charge in [0.15, 0.2) is 0 Å². The van der Waals surface area contributed by atoms with Gasteiger partial charge in [0, 0.05) is 0 Å². The van der Waals surface area contributed by atoms with Crippen molar-refractivity contribution in [1.82, 2.24) is 0 Å². The minimum absolute atomic E-state index is 1.29. The van der Waals surface area contributed by atoms with Crippen LogP contribution in [0.5, 0.6) is 0 Å². The van der Waals surface area contributed by atoms with Gasteiger partial charge in [-0.05, 0) is 25.7 Å². The van der Waals surface area contributed by atoms with Crippen molar-refractivity contribution in [3.63, 3.8) is 0 Å². The molecule has 0 spiro atoms. The van der Waals surface area contributed by atoms with E-state index in [0.29, 0.717) is 0 Å². The highest BCUT2D eigenvalue weighted by Gasteiger charge is 1.95. The third-order valence-corrected chi connectivity index (χ3v) is 4.26. The van der Waals surface area contributed by atoms with E-state index in [1.165, 1.54) is 103 Å². The van der Waals surface area contributed by atoms with Crippen molar-refractivity contribution < 1.29 is 0 Å². The normalized spacial score (nSPS) is 24.8. The summed E-state index contributed by atoms with van der Waals surface area (Å²) in [6.45, 7) is 0. The smallest absolute Gasteiger partial charge is 0.0171 e. The third-order valence-electron chi connectivity index (χ3n) is 4.26. The molecule has 19 heavy (non-hydrogen) atoms. The molecule has 0 atom stereocenters. The van der Waals surface area contributed by atoms with Gasteiger partial charge in [-0.3, -0.25) is 0 Å². The predicted molar refractivity (Wildman–Crippen MR) is 87.3 cm³/mol. The van der Waals surface area contributed by atoms with E-state index >= 15 is 0 Å². The minimum Gasteiger partial charge on any atom is -0.0882 e. The lowest BCUT2D eigenvalue weighted by molar-refractivity contribution is 0.534. The maximum Gasteiger partial charge on any atom is -0.0171 e. The maximum absolute atomic E-state index is 2.37. The van der Waals surface area contributed by atoms with Gasteiger partial charge in [0.1, 0.15) is 0 Å². The molecule has 111 valence electrons. The number of hydrogen-bond donors (Lipinski definition) is 0. The molecule has 1 radical (unpaired) electrons. The Morgan fingerprint density at radius 3 is 1.21 bits per heavy atom. The van der Waals surface area contributed by atoms with E-state index in [0.717, 1.165) is 0 Å². The van der Waals surface area contributed by atoms with Crippen molar-refractivity contribution in [2.45, 2.75) is 103 Å². The molecule has 0 fully saturated rings. The second kappa shape index (κ2) is 14.2. The number of hydrogen-bond acceptors (Lipinski definition) is 0. The van der Waals surface area contributed by atoms with E-state index in [1.807, 2.05) is 0 Å². The molecule has 0 aliphatic heterocycles. The Morgan fingerprint density at radius 2 is 0.737 bits per heavy atom. The van der Waals surface area contributed by atoms with E-state index in [-0.39, 0.29) is 0 Å². The Morgan fingerprint density at radius 1 is 0.368 bits per heavy atom. The maximum atomic E-state index is 2.37. The van der Waals surface area contributed by atoms with Crippen molar-refractivity contribution in [3.05, 3.63) is 18.6 Å². The van der Waals surface area contributed by atoms with E-state index < -0.39 is 0 Å². The first-order chi connectivity index (χ1) is 9.50. The van der Waals surface area contributed by atoms with Gasteiger partial charge >= 0.3 is 0 Å². The molecule has 0 heteroatoms. The highest BCUT2D eigenvalue weighted by atomic mass is 14.0. The van der Waals surface area contributed by atoms with E-state index in [4.69, 9.17) is 0 Å². The van der Waals surface area contributed by atoms with Crippen LogP contribution in [0.4, 0.5) is 0 Å². The summed E-state index contributed by atoms with van der Waals surface area (Å²) in [5.41, 5.74) is 0. The summed E-state index contributed by atoms with van der Waals surface area (Å²) in [4.78, 5) is 0. The SMILES string of the molecule is [CH]1/C=C\CCCCCCCCCCCCCCCC1. The molecule has 0 aromatic heterocycles. The molecule has 1 aliphatic carbocycles. The van der Waals surface area contributed by atoms with Gasteiger partial charge in [-0.25, -0.2) is 0 Å². The molecule has 0 saturated carbocycles. The Balaban J connectivity index is 2.06. The van der Waals surface area contributed by atoms with Crippen LogP contribution in [0, 0.1) is 6.42 Å². The van der Waals surface area contributed by atoms with Gasteiger partial charge in [0.05, 0.1) is 0 Å². The standard InChI is InChI=1S/C19H35/c1-2-4-6-8-10-12-14-16-18-19-17-15-13-11-9-7-5-3-1/h1-3H,4-19H2/b2-1-. The fraction of sp³-hybridized carbons (Fsp3) is 0.842. The molecule has 0 nitrogen and oxygen atoms in total. The van der Waals surface area contributed by atoms with Crippen LogP contribution < -0.4 is 0 Å². The zero-order valence-electron chi connectivity index (χ0n) is 13.0. The summed E-state index contributed by atoms with van der Waals surface area (Å²) in [5.74, 6) is 0. The molecule has 0 N–H and O–H groups in total. The first-order valence-corrected chi connectivity index (χ1v) is 8.98. The largest absolute Gasteiger partial charge is 0.0882 e. The van der Waals surface area contributed by atoms with Gasteiger partial charge in [0.2, 0.25) is 0 Å². The van der Waals surface area contributed by atoms with Gasteiger partial charge in [0.25, 0.3) is 0 Å². The van der Waals surface area contributed by atoms with Crippen molar-refractivity contribution in [2.24, 2.45) is 0 Å². The van der Waals surface area contributed by atoms with Gasteiger partial charge in [-0.15, -0.1) is 0 Å². The van der Waals surface area contributed by atoms with Gasteiger partial charge in [-0.2, -0.15) is 0 Å². The van der Waals surface area contributed by atoms with Crippen LogP contribution in [0.25, 0.3) is 0 Å². The average Bonchev–Trinajstić information content (AvgIpc) is 2.43. The lowest BCUT2D eigenvalue weighted by Crippen LogP contribution is -1.83. The molecular weight excluding hydrogens is 228 g/mol. The zero-order chi connectivity index (χ0) is 13.4. The van der Waals surface area contributed by atoms with Crippen LogP contribution in [0.1, 0.15) is 103 Å². The Kier molecular flexibility index (Phi) is 12.5. The number of rotatable bonds is 0. The molecule has 0 unspecified atom stereocenters. The van der Waals surface area contributed by atoms with Crippen molar-refractivity contribution in [2.75, 3.05) is 0 Å². The zero-order valence-corrected chi connectivity index (χ0v) is 13.0. The molecule has 0 saturated heterocycles. The van der Waals surface area contributed by atoms with E-state index in [2.05, 4.69) is 18.6 Å². The average molecular weight is 263 g/mol. The second-order valence-corrected chi connectivity index (χ2v) is 6.19. The van der Waals surface area contributed by atoms with Crippen molar-refractivity contribution in [3.8, 4) is 0 Å². The molecule has 1 rings (SSSR count). The third kappa shape index (κ3) is 12.5. The second-order valence-electron chi connectivity index (χ2n) is 6.19. The molecule has 0 heterocycles. The summed E-state index contributed by atoms with van der Waals surface area (Å²) in [6, 6.07) is 0. The Hall–Kier alpha value is -0.260. The van der Waals surface area contributed by atoms with E-state index in [9.17, 15) is 0 Å². The Labute approximate surface area is 122 Å². The summed E-state index contributed by atoms with van der Waals surface area (Å²) in [6.07, 6.45) is 30.0. The lowest BCUT2D eigenvalue weighted by Gasteiger charge is -2.03. The summed E-state index contributed by atoms with van der Waals surface area (Å²) in [5, 5.41) is 0. The van der Waals surface area contributed by atoms with Crippen LogP contribution in [-0.4, -0.2) is 0 Å². The van der Waals surface area contributed by atoms with Crippen LogP contribution in [0.2, 0.25) is 0 Å². The quantitative estimate of drug-likeness (QED) is 0.441. The van der Waals surface area contributed by atoms with Crippen LogP contribution in [0.3, 0.4) is 0 Å². The monoisotopic (exact) mass is 263 g/mol. The van der Waals surface area contributed by atoms with E-state index in [1.54, 1.807) is 0 Å². The first-order valence-electron chi connectivity index (χ1n) is 8.98. The predicted octanol–water partition coefficient (Wildman–Crippen LogP) is 7.00. The number of allylic oxidation sites excluding steroid dienone is 2. The summed E-state index contributed by atoms with van der Waals surface area (Å²) < 4.78 is 0. The van der Waals surface area contributed by atoms with Crippen LogP contribution >= 0.6 is 0 Å². The lowest BCUT2D eigenvalue weighted by atomic mass is 10.0. The summed E-state index contributed by atoms with van der Waals surface area (Å²) >= 11 is 0. The minimum atomic E-state index is 1.29. The topological polar surface area (TPSA) is 0 Å². The molecule has 0 aromatic carbocycles. The summed E-state index contributed by atoms with van der Waals surface area (Å²) in [7, 11) is 0. The van der Waals surface area contributed by atoms with Gasteiger partial charge < -0.3 is 0 Å².